The summed E-state index contributed by atoms with van der Waals surface area (Å²) in [5, 5.41) is 12.1. The molecule has 0 bridgehead atoms. The van der Waals surface area contributed by atoms with E-state index < -0.39 is 17.9 Å². The fourth-order valence-electron chi connectivity index (χ4n) is 1.82. The number of hydrogen-bond donors (Lipinski definition) is 2. The van der Waals surface area contributed by atoms with Crippen LogP contribution in [0.2, 0.25) is 5.02 Å². The van der Waals surface area contributed by atoms with Crippen molar-refractivity contribution in [2.24, 2.45) is 0 Å². The van der Waals surface area contributed by atoms with Gasteiger partial charge >= 0.3 is 5.97 Å². The van der Waals surface area contributed by atoms with Crippen molar-refractivity contribution in [1.82, 2.24) is 9.88 Å². The molecular formula is C13H19ClN2O3S. The molecule has 0 aliphatic rings. The zero-order valence-corrected chi connectivity index (χ0v) is 13.1. The molecule has 0 saturated carbocycles. The summed E-state index contributed by atoms with van der Waals surface area (Å²) in [6.45, 7) is 2.66. The maximum Gasteiger partial charge on any atom is 0.326 e. The van der Waals surface area contributed by atoms with Gasteiger partial charge in [-0.1, -0.05) is 18.5 Å². The van der Waals surface area contributed by atoms with Crippen LogP contribution >= 0.6 is 23.4 Å². The standard InChI is InChI=1S/C13H19ClN2O3S/c1-3-5-16-8-9(14)7-11(16)12(17)15-10(13(18)19)4-6-20-2/h7-8,10H,3-6H2,1-2H3,(H,15,17)(H,18,19)/t10-/m0/s1. The molecule has 0 radical (unpaired) electrons. The number of aliphatic carboxylic acids is 1. The molecule has 0 aliphatic heterocycles. The van der Waals surface area contributed by atoms with Crippen LogP contribution in [-0.4, -0.2) is 39.6 Å². The molecule has 112 valence electrons. The number of nitrogens with one attached hydrogen (secondary N) is 1. The van der Waals surface area contributed by atoms with Gasteiger partial charge in [-0.3, -0.25) is 4.79 Å². The van der Waals surface area contributed by atoms with Crippen LogP contribution in [0.5, 0.6) is 0 Å². The molecule has 1 aromatic rings. The Morgan fingerprint density at radius 2 is 2.25 bits per heavy atom. The second-order valence-corrected chi connectivity index (χ2v) is 5.80. The number of carboxylic acids is 1. The fraction of sp³-hybridized carbons (Fsp3) is 0.538. The van der Waals surface area contributed by atoms with Crippen molar-refractivity contribution in [3.05, 3.63) is 23.0 Å². The van der Waals surface area contributed by atoms with Crippen molar-refractivity contribution < 1.29 is 14.7 Å². The highest BCUT2D eigenvalue weighted by Crippen LogP contribution is 2.15. The van der Waals surface area contributed by atoms with Crippen LogP contribution < -0.4 is 5.32 Å². The van der Waals surface area contributed by atoms with Gasteiger partial charge in [0, 0.05) is 12.7 Å². The summed E-state index contributed by atoms with van der Waals surface area (Å²) < 4.78 is 1.74. The number of carbonyl (C=O) groups is 2. The SMILES string of the molecule is CCCn1cc(Cl)cc1C(=O)N[C@@H](CCSC)C(=O)O. The molecule has 7 heteroatoms. The highest BCUT2D eigenvalue weighted by atomic mass is 35.5. The van der Waals surface area contributed by atoms with E-state index in [1.54, 1.807) is 28.6 Å². The molecule has 0 spiro atoms. The predicted octanol–water partition coefficient (Wildman–Crippen LogP) is 2.49. The average molecular weight is 319 g/mol. The fourth-order valence-corrected chi connectivity index (χ4v) is 2.51. The van der Waals surface area contributed by atoms with Gasteiger partial charge in [0.15, 0.2) is 0 Å². The van der Waals surface area contributed by atoms with E-state index in [2.05, 4.69) is 5.32 Å². The Bertz CT molecular complexity index is 476. The molecule has 2 N–H and O–H groups in total. The third-order valence-electron chi connectivity index (χ3n) is 2.77. The van der Waals surface area contributed by atoms with Gasteiger partial charge in [-0.05, 0) is 30.9 Å². The predicted molar refractivity (Wildman–Crippen MR) is 81.6 cm³/mol. The normalized spacial score (nSPS) is 12.2. The number of rotatable bonds is 8. The van der Waals surface area contributed by atoms with Crippen molar-refractivity contribution in [1.29, 1.82) is 0 Å². The van der Waals surface area contributed by atoms with E-state index in [0.717, 1.165) is 6.42 Å². The molecule has 1 atom stereocenters. The van der Waals surface area contributed by atoms with Crippen LogP contribution in [0.15, 0.2) is 12.3 Å². The van der Waals surface area contributed by atoms with Gasteiger partial charge in [0.1, 0.15) is 11.7 Å². The van der Waals surface area contributed by atoms with Gasteiger partial charge in [0.25, 0.3) is 5.91 Å². The summed E-state index contributed by atoms with van der Waals surface area (Å²) in [6, 6.07) is 0.679. The van der Waals surface area contributed by atoms with Crippen LogP contribution in [0.1, 0.15) is 30.3 Å². The molecule has 0 fully saturated rings. The lowest BCUT2D eigenvalue weighted by Crippen LogP contribution is -2.41. The quantitative estimate of drug-likeness (QED) is 0.772. The molecule has 1 heterocycles. The lowest BCUT2D eigenvalue weighted by Gasteiger charge is -2.15. The number of hydrogen-bond acceptors (Lipinski definition) is 3. The number of carboxylic acid groups (broad SMARTS) is 1. The van der Waals surface area contributed by atoms with Crippen molar-refractivity contribution in [2.45, 2.75) is 32.4 Å². The van der Waals surface area contributed by atoms with Crippen LogP contribution in [0, 0.1) is 0 Å². The number of amides is 1. The first kappa shape index (κ1) is 16.9. The average Bonchev–Trinajstić information content (AvgIpc) is 2.75. The van der Waals surface area contributed by atoms with Crippen LogP contribution in [0.4, 0.5) is 0 Å². The number of halogens is 1. The molecule has 0 unspecified atom stereocenters. The van der Waals surface area contributed by atoms with Gasteiger partial charge in [0.2, 0.25) is 0 Å². The van der Waals surface area contributed by atoms with Gasteiger partial charge in [0.05, 0.1) is 5.02 Å². The first-order valence-electron chi connectivity index (χ1n) is 6.37. The summed E-state index contributed by atoms with van der Waals surface area (Å²) in [5.41, 5.74) is 0.396. The molecule has 0 aromatic carbocycles. The third kappa shape index (κ3) is 4.76. The second kappa shape index (κ2) is 8.21. The first-order chi connectivity index (χ1) is 9.49. The van der Waals surface area contributed by atoms with Gasteiger partial charge in [-0.2, -0.15) is 11.8 Å². The molecule has 1 rings (SSSR count). The summed E-state index contributed by atoms with van der Waals surface area (Å²) >= 11 is 7.45. The second-order valence-electron chi connectivity index (χ2n) is 4.38. The largest absolute Gasteiger partial charge is 0.480 e. The Kier molecular flexibility index (Phi) is 6.95. The number of aryl methyl sites for hydroxylation is 1. The van der Waals surface area contributed by atoms with Crippen molar-refractivity contribution >= 4 is 35.2 Å². The van der Waals surface area contributed by atoms with E-state index in [1.165, 1.54) is 0 Å². The molecular weight excluding hydrogens is 300 g/mol. The summed E-state index contributed by atoms with van der Waals surface area (Å²) in [6.07, 6.45) is 4.83. The highest BCUT2D eigenvalue weighted by Gasteiger charge is 2.22. The lowest BCUT2D eigenvalue weighted by molar-refractivity contribution is -0.139. The Balaban J connectivity index is 2.80. The Labute approximate surface area is 127 Å². The van der Waals surface area contributed by atoms with Crippen LogP contribution in [0.25, 0.3) is 0 Å². The molecule has 1 amide bonds. The van der Waals surface area contributed by atoms with E-state index in [0.29, 0.717) is 29.4 Å². The number of thioether (sulfide) groups is 1. The lowest BCUT2D eigenvalue weighted by atomic mass is 10.2. The Hall–Kier alpha value is -1.14. The Morgan fingerprint density at radius 3 is 2.80 bits per heavy atom. The van der Waals surface area contributed by atoms with E-state index in [1.807, 2.05) is 13.2 Å². The van der Waals surface area contributed by atoms with Gasteiger partial charge < -0.3 is 15.0 Å². The molecule has 5 nitrogen and oxygen atoms in total. The monoisotopic (exact) mass is 318 g/mol. The maximum atomic E-state index is 12.2. The van der Waals surface area contributed by atoms with E-state index in [-0.39, 0.29) is 0 Å². The minimum Gasteiger partial charge on any atom is -0.480 e. The zero-order chi connectivity index (χ0) is 15.1. The molecule has 0 saturated heterocycles. The van der Waals surface area contributed by atoms with Crippen molar-refractivity contribution in [3.63, 3.8) is 0 Å². The van der Waals surface area contributed by atoms with Crippen LogP contribution in [-0.2, 0) is 11.3 Å². The van der Waals surface area contributed by atoms with E-state index in [9.17, 15) is 9.59 Å². The molecule has 1 aromatic heterocycles. The highest BCUT2D eigenvalue weighted by molar-refractivity contribution is 7.98. The van der Waals surface area contributed by atoms with E-state index in [4.69, 9.17) is 16.7 Å². The summed E-state index contributed by atoms with van der Waals surface area (Å²) in [4.78, 5) is 23.3. The third-order valence-corrected chi connectivity index (χ3v) is 3.63. The van der Waals surface area contributed by atoms with Gasteiger partial charge in [-0.25, -0.2) is 4.79 Å². The van der Waals surface area contributed by atoms with E-state index >= 15 is 0 Å². The molecule has 20 heavy (non-hydrogen) atoms. The smallest absolute Gasteiger partial charge is 0.326 e. The maximum absolute atomic E-state index is 12.2. The number of aromatic nitrogens is 1. The van der Waals surface area contributed by atoms with Crippen LogP contribution in [0.3, 0.4) is 0 Å². The number of nitrogens with zero attached hydrogens (tertiary/aromatic N) is 1. The first-order valence-corrected chi connectivity index (χ1v) is 8.15. The van der Waals surface area contributed by atoms with Gasteiger partial charge in [-0.15, -0.1) is 0 Å². The van der Waals surface area contributed by atoms with Crippen molar-refractivity contribution in [3.8, 4) is 0 Å². The summed E-state index contributed by atoms with van der Waals surface area (Å²) in [7, 11) is 0. The Morgan fingerprint density at radius 1 is 1.55 bits per heavy atom. The zero-order valence-electron chi connectivity index (χ0n) is 11.6. The topological polar surface area (TPSA) is 71.3 Å². The molecule has 0 aliphatic carbocycles. The van der Waals surface area contributed by atoms with Crippen molar-refractivity contribution in [2.75, 3.05) is 12.0 Å². The minimum absolute atomic E-state index is 0.393. The summed E-state index contributed by atoms with van der Waals surface area (Å²) in [5.74, 6) is -0.750. The number of carbonyl (C=O) groups excluding carboxylic acids is 1. The minimum atomic E-state index is -1.02.